The van der Waals surface area contributed by atoms with E-state index in [1.807, 2.05) is 26.0 Å². The Morgan fingerprint density at radius 3 is 2.57 bits per heavy atom. The highest BCUT2D eigenvalue weighted by molar-refractivity contribution is 5.30. The van der Waals surface area contributed by atoms with E-state index in [1.165, 1.54) is 0 Å². The van der Waals surface area contributed by atoms with Gasteiger partial charge in [0, 0.05) is 11.6 Å². The van der Waals surface area contributed by atoms with Gasteiger partial charge in [-0.05, 0) is 26.3 Å². The van der Waals surface area contributed by atoms with Crippen molar-refractivity contribution < 1.29 is 9.47 Å². The number of aryl methyl sites for hydroxylation is 1. The molecule has 0 aliphatic rings. The Kier molecular flexibility index (Phi) is 3.74. The lowest BCUT2D eigenvalue weighted by molar-refractivity contribution is 0.227. The van der Waals surface area contributed by atoms with Crippen LogP contribution in [0, 0.1) is 0 Å². The monoisotopic (exact) mass is 195 g/mol. The fraction of sp³-hybridized carbons (Fsp3) is 0.545. The summed E-state index contributed by atoms with van der Waals surface area (Å²) in [4.78, 5) is 4.26. The first-order chi connectivity index (χ1) is 6.67. The van der Waals surface area contributed by atoms with E-state index in [0.29, 0.717) is 11.8 Å². The minimum atomic E-state index is 0.139. The van der Waals surface area contributed by atoms with Crippen molar-refractivity contribution in [3.05, 3.63) is 17.7 Å². The van der Waals surface area contributed by atoms with Gasteiger partial charge in [-0.25, -0.2) is 0 Å². The van der Waals surface area contributed by atoms with Crippen LogP contribution < -0.4 is 9.47 Å². The van der Waals surface area contributed by atoms with Gasteiger partial charge in [-0.1, -0.05) is 6.92 Å². The van der Waals surface area contributed by atoms with Crippen LogP contribution in [-0.4, -0.2) is 18.2 Å². The number of nitrogens with zero attached hydrogens (tertiary/aromatic N) is 1. The van der Waals surface area contributed by atoms with Crippen LogP contribution in [0.25, 0.3) is 0 Å². The highest BCUT2D eigenvalue weighted by Crippen LogP contribution is 2.21. The molecule has 3 nitrogen and oxygen atoms in total. The van der Waals surface area contributed by atoms with Gasteiger partial charge in [-0.2, -0.15) is 4.98 Å². The molecular formula is C11H17NO2. The van der Waals surface area contributed by atoms with Crippen LogP contribution >= 0.6 is 0 Å². The van der Waals surface area contributed by atoms with Gasteiger partial charge in [-0.3, -0.25) is 0 Å². The topological polar surface area (TPSA) is 31.4 Å². The van der Waals surface area contributed by atoms with Crippen molar-refractivity contribution >= 4 is 0 Å². The second kappa shape index (κ2) is 4.84. The van der Waals surface area contributed by atoms with Crippen LogP contribution in [0.1, 0.15) is 26.3 Å². The van der Waals surface area contributed by atoms with Gasteiger partial charge in [-0.15, -0.1) is 0 Å². The normalized spacial score (nSPS) is 10.4. The Morgan fingerprint density at radius 1 is 1.36 bits per heavy atom. The average molecular weight is 195 g/mol. The molecule has 1 aromatic rings. The van der Waals surface area contributed by atoms with E-state index >= 15 is 0 Å². The van der Waals surface area contributed by atoms with Gasteiger partial charge in [0.05, 0.1) is 13.2 Å². The van der Waals surface area contributed by atoms with Crippen LogP contribution in [0.4, 0.5) is 0 Å². The summed E-state index contributed by atoms with van der Waals surface area (Å²) in [6.45, 7) is 6.05. The summed E-state index contributed by atoms with van der Waals surface area (Å²) in [6, 6.07) is 3.84. The summed E-state index contributed by atoms with van der Waals surface area (Å²) >= 11 is 0. The Labute approximate surface area is 85.1 Å². The van der Waals surface area contributed by atoms with Crippen LogP contribution in [0.3, 0.4) is 0 Å². The molecule has 1 heterocycles. The summed E-state index contributed by atoms with van der Waals surface area (Å²) in [7, 11) is 1.60. The maximum Gasteiger partial charge on any atom is 0.220 e. The van der Waals surface area contributed by atoms with Crippen LogP contribution in [0.2, 0.25) is 0 Å². The molecule has 0 aromatic carbocycles. The maximum atomic E-state index is 5.59. The van der Waals surface area contributed by atoms with E-state index in [9.17, 15) is 0 Å². The molecule has 0 saturated carbocycles. The van der Waals surface area contributed by atoms with Crippen molar-refractivity contribution in [3.63, 3.8) is 0 Å². The highest BCUT2D eigenvalue weighted by atomic mass is 16.5. The molecular weight excluding hydrogens is 178 g/mol. The first-order valence-corrected chi connectivity index (χ1v) is 4.88. The largest absolute Gasteiger partial charge is 0.481 e. The molecule has 3 heteroatoms. The first-order valence-electron chi connectivity index (χ1n) is 4.88. The van der Waals surface area contributed by atoms with Gasteiger partial charge >= 0.3 is 0 Å². The van der Waals surface area contributed by atoms with Crippen molar-refractivity contribution in [1.82, 2.24) is 4.98 Å². The molecule has 78 valence electrons. The van der Waals surface area contributed by atoms with Gasteiger partial charge in [0.25, 0.3) is 0 Å². The van der Waals surface area contributed by atoms with Gasteiger partial charge in [0.2, 0.25) is 11.8 Å². The lowest BCUT2D eigenvalue weighted by Crippen LogP contribution is -2.09. The number of aromatic nitrogens is 1. The van der Waals surface area contributed by atoms with E-state index in [2.05, 4.69) is 11.9 Å². The Hall–Kier alpha value is -1.25. The zero-order valence-electron chi connectivity index (χ0n) is 9.20. The van der Waals surface area contributed by atoms with Gasteiger partial charge in [0.15, 0.2) is 0 Å². The lowest BCUT2D eigenvalue weighted by atomic mass is 10.2. The quantitative estimate of drug-likeness (QED) is 0.739. The third kappa shape index (κ3) is 2.62. The molecule has 0 unspecified atom stereocenters. The third-order valence-corrected chi connectivity index (χ3v) is 1.85. The molecule has 0 N–H and O–H groups in total. The first kappa shape index (κ1) is 10.8. The maximum absolute atomic E-state index is 5.59. The van der Waals surface area contributed by atoms with E-state index in [0.717, 1.165) is 12.0 Å². The summed E-state index contributed by atoms with van der Waals surface area (Å²) in [5, 5.41) is 0. The van der Waals surface area contributed by atoms with Gasteiger partial charge in [0.1, 0.15) is 0 Å². The Bertz CT molecular complexity index is 297. The summed E-state index contributed by atoms with van der Waals surface area (Å²) in [5.74, 6) is 1.28. The van der Waals surface area contributed by atoms with Crippen molar-refractivity contribution in [1.29, 1.82) is 0 Å². The van der Waals surface area contributed by atoms with Crippen LogP contribution in [0.5, 0.6) is 11.8 Å². The van der Waals surface area contributed by atoms with Crippen LogP contribution in [0.15, 0.2) is 12.1 Å². The minimum absolute atomic E-state index is 0.139. The smallest absolute Gasteiger partial charge is 0.220 e. The van der Waals surface area contributed by atoms with E-state index < -0.39 is 0 Å². The second-order valence-corrected chi connectivity index (χ2v) is 3.34. The molecule has 0 saturated heterocycles. The predicted octanol–water partition coefficient (Wildman–Crippen LogP) is 2.44. The molecule has 1 aromatic heterocycles. The minimum Gasteiger partial charge on any atom is -0.481 e. The van der Waals surface area contributed by atoms with E-state index in [4.69, 9.17) is 9.47 Å². The SMILES string of the molecule is CCc1ccc(OC)nc1OC(C)C. The standard InChI is InChI=1S/C11H17NO2/c1-5-9-6-7-10(13-4)12-11(9)14-8(2)3/h6-8H,5H2,1-4H3. The average Bonchev–Trinajstić information content (AvgIpc) is 2.16. The molecule has 0 radical (unpaired) electrons. The molecule has 0 fully saturated rings. The molecule has 0 bridgehead atoms. The number of hydrogen-bond donors (Lipinski definition) is 0. The Balaban J connectivity index is 2.96. The molecule has 0 aliphatic carbocycles. The molecule has 0 amide bonds. The number of rotatable bonds is 4. The zero-order valence-corrected chi connectivity index (χ0v) is 9.20. The van der Waals surface area contributed by atoms with E-state index in [-0.39, 0.29) is 6.10 Å². The van der Waals surface area contributed by atoms with Gasteiger partial charge < -0.3 is 9.47 Å². The van der Waals surface area contributed by atoms with E-state index in [1.54, 1.807) is 7.11 Å². The number of ether oxygens (including phenoxy) is 2. The number of pyridine rings is 1. The highest BCUT2D eigenvalue weighted by Gasteiger charge is 2.07. The third-order valence-electron chi connectivity index (χ3n) is 1.85. The van der Waals surface area contributed by atoms with Crippen molar-refractivity contribution in [2.45, 2.75) is 33.3 Å². The summed E-state index contributed by atoms with van der Waals surface area (Å²) < 4.78 is 10.6. The number of hydrogen-bond acceptors (Lipinski definition) is 3. The second-order valence-electron chi connectivity index (χ2n) is 3.34. The fourth-order valence-corrected chi connectivity index (χ4v) is 1.16. The van der Waals surface area contributed by atoms with Crippen molar-refractivity contribution in [2.75, 3.05) is 7.11 Å². The molecule has 1 rings (SSSR count). The fourth-order valence-electron chi connectivity index (χ4n) is 1.16. The zero-order chi connectivity index (χ0) is 10.6. The molecule has 0 atom stereocenters. The lowest BCUT2D eigenvalue weighted by Gasteiger charge is -2.12. The molecule has 14 heavy (non-hydrogen) atoms. The number of methoxy groups -OCH3 is 1. The van der Waals surface area contributed by atoms with Crippen molar-refractivity contribution in [3.8, 4) is 11.8 Å². The van der Waals surface area contributed by atoms with Crippen LogP contribution in [-0.2, 0) is 6.42 Å². The summed E-state index contributed by atoms with van der Waals surface area (Å²) in [5.41, 5.74) is 1.11. The molecule has 0 spiro atoms. The summed E-state index contributed by atoms with van der Waals surface area (Å²) in [6.07, 6.45) is 1.05. The predicted molar refractivity (Wildman–Crippen MR) is 55.9 cm³/mol. The molecule has 0 aliphatic heterocycles. The van der Waals surface area contributed by atoms with Crippen molar-refractivity contribution in [2.24, 2.45) is 0 Å². The Morgan fingerprint density at radius 2 is 2.07 bits per heavy atom.